The largest absolute Gasteiger partial charge is 0.425 e. The molecule has 0 aliphatic carbocycles. The van der Waals surface area contributed by atoms with Crippen molar-refractivity contribution in [3.63, 3.8) is 0 Å². The molecule has 2 N–H and O–H groups in total. The lowest BCUT2D eigenvalue weighted by Gasteiger charge is -2.12. The monoisotopic (exact) mass is 269 g/mol. The summed E-state index contributed by atoms with van der Waals surface area (Å²) in [7, 11) is 0. The van der Waals surface area contributed by atoms with Gasteiger partial charge in [0.1, 0.15) is 11.8 Å². The van der Waals surface area contributed by atoms with Crippen LogP contribution in [0.15, 0.2) is 48.5 Å². The molecule has 0 saturated heterocycles. The first-order valence-electron chi connectivity index (χ1n) is 6.64. The van der Waals surface area contributed by atoms with Crippen molar-refractivity contribution in [1.29, 1.82) is 0 Å². The second-order valence-electron chi connectivity index (χ2n) is 4.96. The molecule has 0 radical (unpaired) electrons. The summed E-state index contributed by atoms with van der Waals surface area (Å²) in [5.41, 5.74) is 9.17. The van der Waals surface area contributed by atoms with Crippen molar-refractivity contribution in [3.05, 3.63) is 65.2 Å². The molecule has 0 fully saturated rings. The number of esters is 1. The van der Waals surface area contributed by atoms with Crippen LogP contribution in [0.2, 0.25) is 0 Å². The number of carbonyl (C=O) groups is 1. The third-order valence-corrected chi connectivity index (χ3v) is 3.30. The highest BCUT2D eigenvalue weighted by atomic mass is 16.5. The van der Waals surface area contributed by atoms with E-state index in [2.05, 4.69) is 0 Å². The minimum absolute atomic E-state index is 0.405. The maximum atomic E-state index is 12.0. The van der Waals surface area contributed by atoms with E-state index in [1.165, 1.54) is 5.56 Å². The van der Waals surface area contributed by atoms with E-state index in [0.717, 1.165) is 11.1 Å². The van der Waals surface area contributed by atoms with Gasteiger partial charge in [-0.3, -0.25) is 0 Å². The van der Waals surface area contributed by atoms with E-state index in [4.69, 9.17) is 10.5 Å². The lowest BCUT2D eigenvalue weighted by molar-refractivity contribution is -0.135. The Morgan fingerprint density at radius 3 is 2.45 bits per heavy atom. The van der Waals surface area contributed by atoms with Crippen molar-refractivity contribution in [1.82, 2.24) is 0 Å². The van der Waals surface area contributed by atoms with Gasteiger partial charge in [0.15, 0.2) is 0 Å². The Kier molecular flexibility index (Phi) is 4.53. The van der Waals surface area contributed by atoms with Gasteiger partial charge >= 0.3 is 5.97 Å². The Morgan fingerprint density at radius 2 is 1.80 bits per heavy atom. The van der Waals surface area contributed by atoms with E-state index in [-0.39, 0.29) is 0 Å². The highest BCUT2D eigenvalue weighted by Gasteiger charge is 2.16. The highest BCUT2D eigenvalue weighted by molar-refractivity contribution is 5.78. The van der Waals surface area contributed by atoms with E-state index < -0.39 is 12.0 Å². The molecule has 20 heavy (non-hydrogen) atoms. The van der Waals surface area contributed by atoms with Gasteiger partial charge in [-0.2, -0.15) is 0 Å². The number of hydrogen-bond acceptors (Lipinski definition) is 3. The van der Waals surface area contributed by atoms with Crippen LogP contribution in [-0.2, 0) is 11.2 Å². The number of ether oxygens (including phenoxy) is 1. The quantitative estimate of drug-likeness (QED) is 0.686. The van der Waals surface area contributed by atoms with Gasteiger partial charge in [0.05, 0.1) is 0 Å². The fraction of sp³-hybridized carbons (Fsp3) is 0.235. The van der Waals surface area contributed by atoms with Crippen molar-refractivity contribution >= 4 is 5.97 Å². The van der Waals surface area contributed by atoms with Gasteiger partial charge in [0, 0.05) is 0 Å². The van der Waals surface area contributed by atoms with Gasteiger partial charge in [-0.1, -0.05) is 36.4 Å². The van der Waals surface area contributed by atoms with E-state index in [9.17, 15) is 4.79 Å². The molecule has 2 rings (SSSR count). The zero-order valence-corrected chi connectivity index (χ0v) is 11.8. The molecule has 3 heteroatoms. The summed E-state index contributed by atoms with van der Waals surface area (Å²) in [6.07, 6.45) is 0.477. The van der Waals surface area contributed by atoms with E-state index in [0.29, 0.717) is 12.2 Å². The van der Waals surface area contributed by atoms with Gasteiger partial charge in [-0.15, -0.1) is 0 Å². The van der Waals surface area contributed by atoms with E-state index in [1.54, 1.807) is 6.07 Å². The van der Waals surface area contributed by atoms with Gasteiger partial charge in [-0.25, -0.2) is 4.79 Å². The highest BCUT2D eigenvalue weighted by Crippen LogP contribution is 2.17. The summed E-state index contributed by atoms with van der Waals surface area (Å²) < 4.78 is 5.32. The average Bonchev–Trinajstić information content (AvgIpc) is 2.44. The minimum Gasteiger partial charge on any atom is -0.425 e. The molecular formula is C17H19NO2. The molecule has 0 aliphatic rings. The Morgan fingerprint density at radius 1 is 1.10 bits per heavy atom. The SMILES string of the molecule is Cc1ccc(OC(=O)C(N)Cc2ccccc2)cc1C. The van der Waals surface area contributed by atoms with Gasteiger partial charge in [0.25, 0.3) is 0 Å². The maximum Gasteiger partial charge on any atom is 0.328 e. The first-order chi connectivity index (χ1) is 9.56. The summed E-state index contributed by atoms with van der Waals surface area (Å²) in [5.74, 6) is 0.138. The van der Waals surface area contributed by atoms with Crippen LogP contribution in [0.3, 0.4) is 0 Å². The van der Waals surface area contributed by atoms with Crippen molar-refractivity contribution in [3.8, 4) is 5.75 Å². The minimum atomic E-state index is -0.654. The lowest BCUT2D eigenvalue weighted by atomic mass is 10.1. The third-order valence-electron chi connectivity index (χ3n) is 3.30. The standard InChI is InChI=1S/C17H19NO2/c1-12-8-9-15(10-13(12)2)20-17(19)16(18)11-14-6-4-3-5-7-14/h3-10,16H,11,18H2,1-2H3. The average molecular weight is 269 g/mol. The number of carbonyl (C=O) groups excluding carboxylic acids is 1. The molecule has 0 aromatic heterocycles. The van der Waals surface area contributed by atoms with Crippen LogP contribution in [0, 0.1) is 13.8 Å². The van der Waals surface area contributed by atoms with Crippen molar-refractivity contribution < 1.29 is 9.53 Å². The predicted molar refractivity (Wildman–Crippen MR) is 79.7 cm³/mol. The Labute approximate surface area is 119 Å². The topological polar surface area (TPSA) is 52.3 Å². The van der Waals surface area contributed by atoms with Crippen LogP contribution in [0.5, 0.6) is 5.75 Å². The summed E-state index contributed by atoms with van der Waals surface area (Å²) in [4.78, 5) is 12.0. The number of aryl methyl sites for hydroxylation is 2. The molecule has 104 valence electrons. The zero-order valence-electron chi connectivity index (χ0n) is 11.8. The second-order valence-corrected chi connectivity index (χ2v) is 4.96. The van der Waals surface area contributed by atoms with Gasteiger partial charge in [0.2, 0.25) is 0 Å². The molecule has 3 nitrogen and oxygen atoms in total. The van der Waals surface area contributed by atoms with Gasteiger partial charge in [-0.05, 0) is 49.1 Å². The van der Waals surface area contributed by atoms with Crippen molar-refractivity contribution in [2.75, 3.05) is 0 Å². The summed E-state index contributed by atoms with van der Waals surface area (Å²) >= 11 is 0. The smallest absolute Gasteiger partial charge is 0.328 e. The number of benzene rings is 2. The molecule has 0 saturated carbocycles. The van der Waals surface area contributed by atoms with Crippen LogP contribution in [0.1, 0.15) is 16.7 Å². The van der Waals surface area contributed by atoms with E-state index >= 15 is 0 Å². The zero-order chi connectivity index (χ0) is 14.5. The Balaban J connectivity index is 1.99. The Hall–Kier alpha value is -2.13. The fourth-order valence-corrected chi connectivity index (χ4v) is 1.92. The summed E-state index contributed by atoms with van der Waals surface area (Å²) in [6, 6.07) is 14.6. The predicted octanol–water partition coefficient (Wildman–Crippen LogP) is 2.78. The number of nitrogens with two attached hydrogens (primary N) is 1. The van der Waals surface area contributed by atoms with Crippen molar-refractivity contribution in [2.45, 2.75) is 26.3 Å². The fourth-order valence-electron chi connectivity index (χ4n) is 1.92. The maximum absolute atomic E-state index is 12.0. The van der Waals surface area contributed by atoms with Crippen LogP contribution < -0.4 is 10.5 Å². The molecule has 0 amide bonds. The molecule has 2 aromatic carbocycles. The normalized spacial score (nSPS) is 11.9. The Bertz CT molecular complexity index is 593. The van der Waals surface area contributed by atoms with Crippen molar-refractivity contribution in [2.24, 2.45) is 5.73 Å². The molecule has 0 heterocycles. The molecule has 0 bridgehead atoms. The van der Waals surface area contributed by atoms with Crippen LogP contribution >= 0.6 is 0 Å². The number of hydrogen-bond donors (Lipinski definition) is 1. The molecule has 1 unspecified atom stereocenters. The molecular weight excluding hydrogens is 250 g/mol. The molecule has 0 aliphatic heterocycles. The molecule has 0 spiro atoms. The lowest BCUT2D eigenvalue weighted by Crippen LogP contribution is -2.36. The molecule has 1 atom stereocenters. The van der Waals surface area contributed by atoms with Crippen LogP contribution in [0.4, 0.5) is 0 Å². The first kappa shape index (κ1) is 14.3. The molecule has 2 aromatic rings. The summed E-state index contributed by atoms with van der Waals surface area (Å²) in [6.45, 7) is 4.00. The second kappa shape index (κ2) is 6.35. The van der Waals surface area contributed by atoms with E-state index in [1.807, 2.05) is 56.3 Å². The van der Waals surface area contributed by atoms with Crippen LogP contribution in [-0.4, -0.2) is 12.0 Å². The number of rotatable bonds is 4. The van der Waals surface area contributed by atoms with Gasteiger partial charge < -0.3 is 10.5 Å². The summed E-state index contributed by atoms with van der Waals surface area (Å²) in [5, 5.41) is 0. The van der Waals surface area contributed by atoms with Crippen LogP contribution in [0.25, 0.3) is 0 Å². The third kappa shape index (κ3) is 3.68. The first-order valence-corrected chi connectivity index (χ1v) is 6.64.